The predicted octanol–water partition coefficient (Wildman–Crippen LogP) is 2.67. The third-order valence-electron chi connectivity index (χ3n) is 5.39. The van der Waals surface area contributed by atoms with Gasteiger partial charge in [-0.1, -0.05) is 23.7 Å². The number of halogens is 1. The Morgan fingerprint density at radius 3 is 2.57 bits per heavy atom. The number of nitrogens with one attached hydrogen (secondary N) is 1. The number of amides is 1. The van der Waals surface area contributed by atoms with E-state index in [1.54, 1.807) is 0 Å². The molecule has 1 aromatic rings. The summed E-state index contributed by atoms with van der Waals surface area (Å²) in [7, 11) is 4.18. The van der Waals surface area contributed by atoms with E-state index < -0.39 is 0 Å². The van der Waals surface area contributed by atoms with Gasteiger partial charge in [0.25, 0.3) is 0 Å². The summed E-state index contributed by atoms with van der Waals surface area (Å²) in [5.41, 5.74) is 1.24. The van der Waals surface area contributed by atoms with Crippen molar-refractivity contribution in [1.29, 1.82) is 0 Å². The first kappa shape index (κ1) is 16.7. The van der Waals surface area contributed by atoms with Crippen molar-refractivity contribution >= 4 is 17.5 Å². The summed E-state index contributed by atoms with van der Waals surface area (Å²) in [4.78, 5) is 14.7. The second-order valence-electron chi connectivity index (χ2n) is 6.95. The maximum absolute atomic E-state index is 12.5. The summed E-state index contributed by atoms with van der Waals surface area (Å²) < 4.78 is 5.48. The van der Waals surface area contributed by atoms with Crippen LogP contribution in [0.25, 0.3) is 0 Å². The Bertz CT molecular complexity index is 553. The van der Waals surface area contributed by atoms with Gasteiger partial charge in [0, 0.05) is 36.2 Å². The number of rotatable bonds is 5. The standard InChI is InChI=1S/C18H25ClN2O2/c1-21(2)18(7-9-23-10-8-18)12-20-17(22)16-11-15(16)13-3-5-14(19)6-4-13/h3-6,15-16H,7-12H2,1-2H3,(H,20,22)/t15-,16+/m0/s1. The van der Waals surface area contributed by atoms with E-state index in [1.807, 2.05) is 24.3 Å². The molecule has 3 rings (SSSR count). The van der Waals surface area contributed by atoms with Gasteiger partial charge in [-0.05, 0) is 57.0 Å². The Morgan fingerprint density at radius 1 is 1.30 bits per heavy atom. The number of nitrogens with zero attached hydrogens (tertiary/aromatic N) is 1. The molecule has 5 heteroatoms. The first-order valence-electron chi connectivity index (χ1n) is 8.30. The minimum absolute atomic E-state index is 0.0264. The monoisotopic (exact) mass is 336 g/mol. The molecule has 2 atom stereocenters. The van der Waals surface area contributed by atoms with Crippen molar-refractivity contribution < 1.29 is 9.53 Å². The van der Waals surface area contributed by atoms with Gasteiger partial charge >= 0.3 is 0 Å². The topological polar surface area (TPSA) is 41.6 Å². The fraction of sp³-hybridized carbons (Fsp3) is 0.611. The van der Waals surface area contributed by atoms with Crippen molar-refractivity contribution in [3.05, 3.63) is 34.9 Å². The molecule has 0 bridgehead atoms. The van der Waals surface area contributed by atoms with E-state index in [0.29, 0.717) is 12.5 Å². The second kappa shape index (κ2) is 6.80. The zero-order valence-electron chi connectivity index (χ0n) is 13.8. The van der Waals surface area contributed by atoms with Crippen LogP contribution in [0.3, 0.4) is 0 Å². The van der Waals surface area contributed by atoms with E-state index in [9.17, 15) is 4.79 Å². The highest BCUT2D eigenvalue weighted by molar-refractivity contribution is 6.30. The molecule has 1 amide bonds. The molecule has 0 aromatic heterocycles. The SMILES string of the molecule is CN(C)C1(CNC(=O)[C@@H]2C[C@H]2c2ccc(Cl)cc2)CCOCC1. The first-order valence-corrected chi connectivity index (χ1v) is 8.68. The summed E-state index contributed by atoms with van der Waals surface area (Å²) in [5.74, 6) is 0.630. The van der Waals surface area contributed by atoms with Crippen LogP contribution in [-0.2, 0) is 9.53 Å². The minimum atomic E-state index is 0.0264. The van der Waals surface area contributed by atoms with Gasteiger partial charge in [-0.2, -0.15) is 0 Å². The molecule has 0 spiro atoms. The van der Waals surface area contributed by atoms with Gasteiger partial charge in [-0.25, -0.2) is 0 Å². The largest absolute Gasteiger partial charge is 0.381 e. The fourth-order valence-corrected chi connectivity index (χ4v) is 3.61. The maximum Gasteiger partial charge on any atom is 0.223 e. The van der Waals surface area contributed by atoms with Crippen molar-refractivity contribution in [3.8, 4) is 0 Å². The van der Waals surface area contributed by atoms with Gasteiger partial charge < -0.3 is 15.0 Å². The molecule has 1 heterocycles. The molecule has 1 aromatic carbocycles. The zero-order chi connectivity index (χ0) is 16.4. The lowest BCUT2D eigenvalue weighted by Gasteiger charge is -2.42. The van der Waals surface area contributed by atoms with Gasteiger partial charge in [-0.15, -0.1) is 0 Å². The van der Waals surface area contributed by atoms with Crippen LogP contribution in [0.15, 0.2) is 24.3 Å². The van der Waals surface area contributed by atoms with E-state index in [4.69, 9.17) is 16.3 Å². The molecule has 1 aliphatic heterocycles. The molecule has 4 nitrogen and oxygen atoms in total. The average molecular weight is 337 g/mol. The van der Waals surface area contributed by atoms with Crippen LogP contribution >= 0.6 is 11.6 Å². The van der Waals surface area contributed by atoms with Gasteiger partial charge in [0.15, 0.2) is 0 Å². The van der Waals surface area contributed by atoms with Gasteiger partial charge in [-0.3, -0.25) is 4.79 Å². The molecular formula is C18H25ClN2O2. The summed E-state index contributed by atoms with van der Waals surface area (Å²) in [5, 5.41) is 3.92. The highest BCUT2D eigenvalue weighted by atomic mass is 35.5. The number of hydrogen-bond donors (Lipinski definition) is 1. The molecule has 0 unspecified atom stereocenters. The molecular weight excluding hydrogens is 312 g/mol. The van der Waals surface area contributed by atoms with Crippen LogP contribution in [0, 0.1) is 5.92 Å². The Kier molecular flexibility index (Phi) is 4.95. The lowest BCUT2D eigenvalue weighted by Crippen LogP contribution is -2.55. The van der Waals surface area contributed by atoms with Gasteiger partial charge in [0.1, 0.15) is 0 Å². The number of hydrogen-bond acceptors (Lipinski definition) is 3. The number of carbonyl (C=O) groups excluding carboxylic acids is 1. The van der Waals surface area contributed by atoms with Crippen LogP contribution < -0.4 is 5.32 Å². The molecule has 2 fully saturated rings. The number of likely N-dealkylation sites (N-methyl/N-ethyl adjacent to an activating group) is 1. The molecule has 1 saturated heterocycles. The normalized spacial score (nSPS) is 26.1. The molecule has 1 N–H and O–H groups in total. The van der Waals surface area contributed by atoms with Crippen LogP contribution in [0.1, 0.15) is 30.7 Å². The van der Waals surface area contributed by atoms with E-state index in [0.717, 1.165) is 37.5 Å². The average Bonchev–Trinajstić information content (AvgIpc) is 3.35. The van der Waals surface area contributed by atoms with Gasteiger partial charge in [0.05, 0.1) is 0 Å². The number of carbonyl (C=O) groups is 1. The Morgan fingerprint density at radius 2 is 1.96 bits per heavy atom. The minimum Gasteiger partial charge on any atom is -0.381 e. The Hall–Kier alpha value is -1.10. The fourth-order valence-electron chi connectivity index (χ4n) is 3.48. The molecule has 1 saturated carbocycles. The number of benzene rings is 1. The summed E-state index contributed by atoms with van der Waals surface area (Å²) >= 11 is 5.92. The highest BCUT2D eigenvalue weighted by Crippen LogP contribution is 2.47. The molecule has 0 radical (unpaired) electrons. The molecule has 23 heavy (non-hydrogen) atoms. The lowest BCUT2D eigenvalue weighted by atomic mass is 9.88. The van der Waals surface area contributed by atoms with E-state index in [1.165, 1.54) is 5.56 Å². The Balaban J connectivity index is 1.55. The quantitative estimate of drug-likeness (QED) is 0.898. The maximum atomic E-state index is 12.5. The van der Waals surface area contributed by atoms with Crippen molar-refractivity contribution in [3.63, 3.8) is 0 Å². The Labute approximate surface area is 143 Å². The zero-order valence-corrected chi connectivity index (χ0v) is 14.6. The van der Waals surface area contributed by atoms with Crippen LogP contribution in [0.5, 0.6) is 0 Å². The van der Waals surface area contributed by atoms with Crippen LogP contribution in [-0.4, -0.2) is 50.2 Å². The third kappa shape index (κ3) is 3.70. The summed E-state index contributed by atoms with van der Waals surface area (Å²) in [6, 6.07) is 7.85. The molecule has 126 valence electrons. The van der Waals surface area contributed by atoms with Gasteiger partial charge in [0.2, 0.25) is 5.91 Å². The second-order valence-corrected chi connectivity index (χ2v) is 7.39. The number of ether oxygens (including phenoxy) is 1. The molecule has 1 aliphatic carbocycles. The van der Waals surface area contributed by atoms with E-state index in [2.05, 4.69) is 24.3 Å². The highest BCUT2D eigenvalue weighted by Gasteiger charge is 2.45. The summed E-state index contributed by atoms with van der Waals surface area (Å²) in [6.45, 7) is 2.24. The van der Waals surface area contributed by atoms with Crippen molar-refractivity contribution in [2.75, 3.05) is 33.9 Å². The molecule has 2 aliphatic rings. The first-order chi connectivity index (χ1) is 11.0. The van der Waals surface area contributed by atoms with Crippen molar-refractivity contribution in [1.82, 2.24) is 10.2 Å². The summed E-state index contributed by atoms with van der Waals surface area (Å²) in [6.07, 6.45) is 2.86. The lowest BCUT2D eigenvalue weighted by molar-refractivity contribution is -0.123. The van der Waals surface area contributed by atoms with Crippen molar-refractivity contribution in [2.45, 2.75) is 30.7 Å². The van der Waals surface area contributed by atoms with Crippen LogP contribution in [0.4, 0.5) is 0 Å². The van der Waals surface area contributed by atoms with E-state index in [-0.39, 0.29) is 17.4 Å². The predicted molar refractivity (Wildman–Crippen MR) is 91.8 cm³/mol. The van der Waals surface area contributed by atoms with Crippen LogP contribution in [0.2, 0.25) is 5.02 Å². The van der Waals surface area contributed by atoms with E-state index >= 15 is 0 Å². The smallest absolute Gasteiger partial charge is 0.223 e. The van der Waals surface area contributed by atoms with Crippen molar-refractivity contribution in [2.24, 2.45) is 5.92 Å². The third-order valence-corrected chi connectivity index (χ3v) is 5.64.